The van der Waals surface area contributed by atoms with Gasteiger partial charge in [0.1, 0.15) is 0 Å². The second kappa shape index (κ2) is 13.0. The maximum Gasteiger partial charge on any atom is 0.227 e. The molecule has 0 aromatic heterocycles. The quantitative estimate of drug-likeness (QED) is 0.306. The van der Waals surface area contributed by atoms with E-state index >= 15 is 0 Å². The summed E-state index contributed by atoms with van der Waals surface area (Å²) in [5.74, 6) is 1.03. The molecule has 1 saturated heterocycles. The Morgan fingerprint density at radius 1 is 0.838 bits per heavy atom. The predicted octanol–water partition coefficient (Wildman–Crippen LogP) is 6.47. The number of ketones is 1. The minimum atomic E-state index is 0. The molecule has 4 nitrogen and oxygen atoms in total. The predicted molar refractivity (Wildman–Crippen MR) is 153 cm³/mol. The van der Waals surface area contributed by atoms with Gasteiger partial charge in [0, 0.05) is 37.2 Å². The summed E-state index contributed by atoms with van der Waals surface area (Å²) in [6, 6.07) is 27.2. The monoisotopic (exact) mass is 516 g/mol. The van der Waals surface area contributed by atoms with Crippen molar-refractivity contribution in [3.8, 4) is 0 Å². The first-order chi connectivity index (χ1) is 17.7. The van der Waals surface area contributed by atoms with Gasteiger partial charge < -0.3 is 9.80 Å². The molecule has 1 fully saturated rings. The number of Topliss-reactive ketones (excluding diaryl/α,β-unsaturated/α-hetero) is 1. The van der Waals surface area contributed by atoms with Crippen LogP contribution in [-0.2, 0) is 17.6 Å². The Hall–Kier alpha value is -2.95. The summed E-state index contributed by atoms with van der Waals surface area (Å²) in [7, 11) is 0. The molecule has 2 aliphatic rings. The number of benzene rings is 3. The molecule has 2 aliphatic heterocycles. The number of carbonyl (C=O) groups is 2. The molecule has 37 heavy (non-hydrogen) atoms. The number of likely N-dealkylation sites (tertiary alicyclic amines) is 1. The number of carbonyl (C=O) groups excluding carboxylic acids is 2. The topological polar surface area (TPSA) is 40.6 Å². The molecule has 0 atom stereocenters. The Balaban J connectivity index is 0.00000320. The highest BCUT2D eigenvalue weighted by molar-refractivity contribution is 6.00. The smallest absolute Gasteiger partial charge is 0.227 e. The maximum absolute atomic E-state index is 13.0. The van der Waals surface area contributed by atoms with Crippen molar-refractivity contribution in [3.63, 3.8) is 0 Å². The molecule has 194 valence electrons. The van der Waals surface area contributed by atoms with Crippen LogP contribution in [0.3, 0.4) is 0 Å². The van der Waals surface area contributed by atoms with Gasteiger partial charge in [0.05, 0.1) is 0 Å². The van der Waals surface area contributed by atoms with Crippen LogP contribution in [0.1, 0.15) is 65.1 Å². The zero-order chi connectivity index (χ0) is 24.7. The molecule has 0 unspecified atom stereocenters. The van der Waals surface area contributed by atoms with Crippen molar-refractivity contribution in [3.05, 3.63) is 101 Å². The highest BCUT2D eigenvalue weighted by Gasteiger charge is 2.25. The third-order valence-corrected chi connectivity index (χ3v) is 7.81. The summed E-state index contributed by atoms with van der Waals surface area (Å²) in [5.41, 5.74) is 5.64. The van der Waals surface area contributed by atoms with Gasteiger partial charge >= 0.3 is 0 Å². The number of aryl methyl sites for hydroxylation is 2. The lowest BCUT2D eigenvalue weighted by Gasteiger charge is -2.32. The first-order valence-corrected chi connectivity index (χ1v) is 13.4. The lowest BCUT2D eigenvalue weighted by Crippen LogP contribution is -2.36. The van der Waals surface area contributed by atoms with Crippen LogP contribution in [0.4, 0.5) is 5.69 Å². The Kier molecular flexibility index (Phi) is 9.54. The van der Waals surface area contributed by atoms with Gasteiger partial charge in [0.2, 0.25) is 5.91 Å². The number of piperidine rings is 1. The molecule has 0 spiro atoms. The van der Waals surface area contributed by atoms with Crippen molar-refractivity contribution < 1.29 is 9.59 Å². The summed E-state index contributed by atoms with van der Waals surface area (Å²) >= 11 is 0. The highest BCUT2D eigenvalue weighted by Crippen LogP contribution is 2.30. The molecule has 5 rings (SSSR count). The zero-order valence-electron chi connectivity index (χ0n) is 21.5. The van der Waals surface area contributed by atoms with Gasteiger partial charge in [0.25, 0.3) is 0 Å². The molecule has 0 saturated carbocycles. The van der Waals surface area contributed by atoms with Crippen molar-refractivity contribution in [2.24, 2.45) is 0 Å². The van der Waals surface area contributed by atoms with Gasteiger partial charge in [-0.05, 0) is 86.0 Å². The van der Waals surface area contributed by atoms with Crippen LogP contribution in [0.15, 0.2) is 78.9 Å². The SMILES string of the molecule is Cl.O=C(CCN1CCC(c2ccccc2)CC1)c1ccc2c(c1)CCC(=O)N2CCCc1ccccc1. The number of halogens is 1. The lowest BCUT2D eigenvalue weighted by molar-refractivity contribution is -0.118. The van der Waals surface area contributed by atoms with Crippen molar-refractivity contribution in [2.75, 3.05) is 31.1 Å². The summed E-state index contributed by atoms with van der Waals surface area (Å²) in [6.45, 7) is 3.64. The van der Waals surface area contributed by atoms with Crippen LogP contribution in [0.5, 0.6) is 0 Å². The third-order valence-electron chi connectivity index (χ3n) is 7.81. The van der Waals surface area contributed by atoms with Crippen LogP contribution in [0, 0.1) is 0 Å². The van der Waals surface area contributed by atoms with Crippen molar-refractivity contribution in [2.45, 2.75) is 50.9 Å². The number of anilines is 1. The third kappa shape index (κ3) is 6.88. The number of amides is 1. The number of fused-ring (bicyclic) bond motifs is 1. The Morgan fingerprint density at radius 3 is 2.27 bits per heavy atom. The number of nitrogens with zero attached hydrogens (tertiary/aromatic N) is 2. The molecule has 0 aliphatic carbocycles. The van der Waals surface area contributed by atoms with E-state index in [0.29, 0.717) is 25.3 Å². The average molecular weight is 517 g/mol. The first kappa shape index (κ1) is 27.1. The molecule has 5 heteroatoms. The minimum absolute atomic E-state index is 0. The highest BCUT2D eigenvalue weighted by atomic mass is 35.5. The van der Waals surface area contributed by atoms with Crippen LogP contribution < -0.4 is 4.90 Å². The van der Waals surface area contributed by atoms with Crippen molar-refractivity contribution in [1.82, 2.24) is 4.90 Å². The minimum Gasteiger partial charge on any atom is -0.312 e. The van der Waals surface area contributed by atoms with Gasteiger partial charge in [-0.3, -0.25) is 9.59 Å². The van der Waals surface area contributed by atoms with E-state index in [4.69, 9.17) is 0 Å². The van der Waals surface area contributed by atoms with E-state index in [1.54, 1.807) is 0 Å². The molecular formula is C32H37ClN2O2. The summed E-state index contributed by atoms with van der Waals surface area (Å²) in [5, 5.41) is 0. The van der Waals surface area contributed by atoms with Gasteiger partial charge in [-0.15, -0.1) is 12.4 Å². The summed E-state index contributed by atoms with van der Waals surface area (Å²) in [6.07, 6.45) is 5.99. The molecule has 3 aromatic carbocycles. The normalized spacial score (nSPS) is 16.2. The van der Waals surface area contributed by atoms with Gasteiger partial charge in [-0.25, -0.2) is 0 Å². The van der Waals surface area contributed by atoms with Crippen LogP contribution in [0.2, 0.25) is 0 Å². The largest absolute Gasteiger partial charge is 0.312 e. The van der Waals surface area contributed by atoms with E-state index in [1.807, 2.05) is 29.2 Å². The number of hydrogen-bond donors (Lipinski definition) is 0. The fraction of sp³-hybridized carbons (Fsp3) is 0.375. The van der Waals surface area contributed by atoms with E-state index in [-0.39, 0.29) is 24.1 Å². The molecule has 0 radical (unpaired) electrons. The first-order valence-electron chi connectivity index (χ1n) is 13.4. The lowest BCUT2D eigenvalue weighted by atomic mass is 9.89. The van der Waals surface area contributed by atoms with Crippen molar-refractivity contribution >= 4 is 29.8 Å². The average Bonchev–Trinajstić information content (AvgIpc) is 2.94. The Morgan fingerprint density at radius 2 is 1.54 bits per heavy atom. The van der Waals surface area contributed by atoms with Gasteiger partial charge in [-0.1, -0.05) is 60.7 Å². The van der Waals surface area contributed by atoms with E-state index in [9.17, 15) is 9.59 Å². The molecule has 0 bridgehead atoms. The molecule has 2 heterocycles. The molecular weight excluding hydrogens is 480 g/mol. The van der Waals surface area contributed by atoms with Crippen molar-refractivity contribution in [1.29, 1.82) is 0 Å². The van der Waals surface area contributed by atoms with Gasteiger partial charge in [-0.2, -0.15) is 0 Å². The number of hydrogen-bond acceptors (Lipinski definition) is 3. The molecule has 1 amide bonds. The van der Waals surface area contributed by atoms with Crippen LogP contribution in [-0.4, -0.2) is 42.8 Å². The molecule has 0 N–H and O–H groups in total. The zero-order valence-corrected chi connectivity index (χ0v) is 22.3. The van der Waals surface area contributed by atoms with E-state index in [0.717, 1.165) is 68.6 Å². The van der Waals surface area contributed by atoms with E-state index in [2.05, 4.69) is 59.5 Å². The fourth-order valence-corrected chi connectivity index (χ4v) is 5.68. The number of rotatable bonds is 9. The molecule has 3 aromatic rings. The van der Waals surface area contributed by atoms with E-state index in [1.165, 1.54) is 11.1 Å². The van der Waals surface area contributed by atoms with E-state index < -0.39 is 0 Å². The Bertz CT molecular complexity index is 1170. The summed E-state index contributed by atoms with van der Waals surface area (Å²) < 4.78 is 0. The second-order valence-electron chi connectivity index (χ2n) is 10.2. The second-order valence-corrected chi connectivity index (χ2v) is 10.2. The summed E-state index contributed by atoms with van der Waals surface area (Å²) in [4.78, 5) is 30.0. The fourth-order valence-electron chi connectivity index (χ4n) is 5.68. The standard InChI is InChI=1S/C32H36N2O2.ClH/c35-31(19-23-33-21-17-27(18-22-33)26-11-5-2-6-12-26)29-13-15-30-28(24-29)14-16-32(36)34(30)20-7-10-25-8-3-1-4-9-25;/h1-6,8-9,11-13,15,24,27H,7,10,14,16-23H2;1H. The van der Waals surface area contributed by atoms with Crippen LogP contribution in [0.25, 0.3) is 0 Å². The van der Waals surface area contributed by atoms with Gasteiger partial charge in [0.15, 0.2) is 5.78 Å². The Labute approximate surface area is 227 Å². The maximum atomic E-state index is 13.0. The van der Waals surface area contributed by atoms with Crippen LogP contribution >= 0.6 is 12.4 Å².